The van der Waals surface area contributed by atoms with Crippen molar-refractivity contribution in [1.82, 2.24) is 0 Å². The van der Waals surface area contributed by atoms with Gasteiger partial charge in [-0.1, -0.05) is 57.2 Å². The van der Waals surface area contributed by atoms with Crippen molar-refractivity contribution >= 4 is 15.9 Å². The van der Waals surface area contributed by atoms with Crippen LogP contribution in [0.15, 0.2) is 46.9 Å². The zero-order valence-corrected chi connectivity index (χ0v) is 14.2. The van der Waals surface area contributed by atoms with Crippen molar-refractivity contribution in [3.05, 3.63) is 69.4 Å². The molecule has 0 aliphatic carbocycles. The summed E-state index contributed by atoms with van der Waals surface area (Å²) in [6, 6.07) is 13.3. The summed E-state index contributed by atoms with van der Waals surface area (Å²) < 4.78 is 14.0. The smallest absolute Gasteiger partial charge is 0.137 e. The molecule has 2 aromatic carbocycles. The van der Waals surface area contributed by atoms with E-state index in [9.17, 15) is 4.39 Å². The molecule has 0 amide bonds. The minimum atomic E-state index is -0.272. The zero-order chi connectivity index (χ0) is 15.6. The van der Waals surface area contributed by atoms with Gasteiger partial charge in [0.1, 0.15) is 5.82 Å². The van der Waals surface area contributed by atoms with Crippen LogP contribution in [0.4, 0.5) is 4.39 Å². The Morgan fingerprint density at radius 1 is 1.10 bits per heavy atom. The van der Waals surface area contributed by atoms with E-state index in [0.29, 0.717) is 10.9 Å². The number of halogens is 2. The first-order chi connectivity index (χ1) is 9.79. The highest BCUT2D eigenvalue weighted by Gasteiger charge is 2.15. The first-order valence-electron chi connectivity index (χ1n) is 7.08. The van der Waals surface area contributed by atoms with E-state index in [4.69, 9.17) is 5.73 Å². The fourth-order valence-corrected chi connectivity index (χ4v) is 2.87. The second-order valence-electron chi connectivity index (χ2n) is 6.40. The van der Waals surface area contributed by atoms with E-state index >= 15 is 0 Å². The van der Waals surface area contributed by atoms with Crippen LogP contribution in [-0.2, 0) is 11.8 Å². The van der Waals surface area contributed by atoms with Crippen molar-refractivity contribution in [3.8, 4) is 0 Å². The van der Waals surface area contributed by atoms with Crippen LogP contribution < -0.4 is 5.73 Å². The van der Waals surface area contributed by atoms with Gasteiger partial charge in [0.25, 0.3) is 0 Å². The number of rotatable bonds is 3. The molecule has 0 heterocycles. The van der Waals surface area contributed by atoms with Crippen LogP contribution in [0.5, 0.6) is 0 Å². The molecule has 0 saturated heterocycles. The van der Waals surface area contributed by atoms with Gasteiger partial charge >= 0.3 is 0 Å². The lowest BCUT2D eigenvalue weighted by atomic mass is 9.86. The largest absolute Gasteiger partial charge is 0.324 e. The van der Waals surface area contributed by atoms with Crippen LogP contribution in [0.25, 0.3) is 0 Å². The summed E-state index contributed by atoms with van der Waals surface area (Å²) in [5.74, 6) is -0.272. The Kier molecular flexibility index (Phi) is 4.84. The molecule has 0 aromatic heterocycles. The lowest BCUT2D eigenvalue weighted by Crippen LogP contribution is -2.15. The summed E-state index contributed by atoms with van der Waals surface area (Å²) in [6.45, 7) is 6.58. The summed E-state index contributed by atoms with van der Waals surface area (Å²) in [5.41, 5.74) is 9.63. The third-order valence-corrected chi connectivity index (χ3v) is 4.49. The lowest BCUT2D eigenvalue weighted by Gasteiger charge is -2.20. The molecule has 0 radical (unpaired) electrons. The summed E-state index contributed by atoms with van der Waals surface area (Å²) in [6.07, 6.45) is 0.687. The van der Waals surface area contributed by atoms with E-state index in [-0.39, 0.29) is 17.3 Å². The Labute approximate surface area is 134 Å². The molecule has 0 aliphatic rings. The van der Waals surface area contributed by atoms with E-state index in [2.05, 4.69) is 61.0 Å². The second kappa shape index (κ2) is 6.29. The molecule has 0 aliphatic heterocycles. The highest BCUT2D eigenvalue weighted by molar-refractivity contribution is 9.10. The SMILES string of the molecule is CC(C)(C)c1ccc(CC(N)c2cccc(F)c2Br)cc1. The van der Waals surface area contributed by atoms with Gasteiger partial charge < -0.3 is 5.73 Å². The summed E-state index contributed by atoms with van der Waals surface area (Å²) >= 11 is 3.28. The number of benzene rings is 2. The fourth-order valence-electron chi connectivity index (χ4n) is 2.31. The van der Waals surface area contributed by atoms with Crippen molar-refractivity contribution < 1.29 is 4.39 Å². The van der Waals surface area contributed by atoms with Gasteiger partial charge in [-0.05, 0) is 50.5 Å². The van der Waals surface area contributed by atoms with E-state index < -0.39 is 0 Å². The summed E-state index contributed by atoms with van der Waals surface area (Å²) in [5, 5.41) is 0. The summed E-state index contributed by atoms with van der Waals surface area (Å²) in [4.78, 5) is 0. The topological polar surface area (TPSA) is 26.0 Å². The molecule has 2 N–H and O–H groups in total. The minimum Gasteiger partial charge on any atom is -0.324 e. The van der Waals surface area contributed by atoms with Crippen LogP contribution in [0.2, 0.25) is 0 Å². The van der Waals surface area contributed by atoms with Gasteiger partial charge in [-0.2, -0.15) is 0 Å². The zero-order valence-electron chi connectivity index (χ0n) is 12.7. The first kappa shape index (κ1) is 16.2. The van der Waals surface area contributed by atoms with E-state index in [0.717, 1.165) is 11.1 Å². The second-order valence-corrected chi connectivity index (χ2v) is 7.19. The number of hydrogen-bond donors (Lipinski definition) is 1. The molecule has 0 bridgehead atoms. The fraction of sp³-hybridized carbons (Fsp3) is 0.333. The van der Waals surface area contributed by atoms with E-state index in [1.807, 2.05) is 6.07 Å². The van der Waals surface area contributed by atoms with E-state index in [1.54, 1.807) is 6.07 Å². The van der Waals surface area contributed by atoms with Crippen LogP contribution in [0.3, 0.4) is 0 Å². The highest BCUT2D eigenvalue weighted by Crippen LogP contribution is 2.28. The van der Waals surface area contributed by atoms with Gasteiger partial charge in [0.15, 0.2) is 0 Å². The minimum absolute atomic E-state index is 0.145. The normalized spacial score (nSPS) is 13.2. The average Bonchev–Trinajstić information content (AvgIpc) is 2.41. The molecule has 3 heteroatoms. The molecule has 0 fully saturated rings. The van der Waals surface area contributed by atoms with E-state index in [1.165, 1.54) is 11.6 Å². The Bertz CT molecular complexity index is 614. The van der Waals surface area contributed by atoms with Crippen LogP contribution in [-0.4, -0.2) is 0 Å². The van der Waals surface area contributed by atoms with Gasteiger partial charge in [0, 0.05) is 6.04 Å². The Balaban J connectivity index is 2.16. The third kappa shape index (κ3) is 3.92. The molecule has 2 aromatic rings. The molecule has 1 unspecified atom stereocenters. The van der Waals surface area contributed by atoms with Crippen LogP contribution >= 0.6 is 15.9 Å². The Morgan fingerprint density at radius 2 is 1.71 bits per heavy atom. The maximum Gasteiger partial charge on any atom is 0.137 e. The van der Waals surface area contributed by atoms with Gasteiger partial charge in [0.05, 0.1) is 4.47 Å². The molecule has 21 heavy (non-hydrogen) atoms. The molecule has 1 atom stereocenters. The van der Waals surface area contributed by atoms with Crippen molar-refractivity contribution in [2.24, 2.45) is 5.73 Å². The van der Waals surface area contributed by atoms with Crippen molar-refractivity contribution in [1.29, 1.82) is 0 Å². The predicted octanol–water partition coefficient (Wildman–Crippen LogP) is 5.13. The van der Waals surface area contributed by atoms with Crippen molar-refractivity contribution in [2.75, 3.05) is 0 Å². The van der Waals surface area contributed by atoms with Crippen molar-refractivity contribution in [3.63, 3.8) is 0 Å². The molecular formula is C18H21BrFN. The lowest BCUT2D eigenvalue weighted by molar-refractivity contribution is 0.589. The maximum absolute atomic E-state index is 13.6. The predicted molar refractivity (Wildman–Crippen MR) is 89.9 cm³/mol. The first-order valence-corrected chi connectivity index (χ1v) is 7.87. The standard InChI is InChI=1S/C18H21BrFN/c1-18(2,3)13-9-7-12(8-10-13)11-16(21)14-5-4-6-15(20)17(14)19/h4-10,16H,11,21H2,1-3H3. The maximum atomic E-state index is 13.6. The van der Waals surface area contributed by atoms with Crippen LogP contribution in [0.1, 0.15) is 43.5 Å². The monoisotopic (exact) mass is 349 g/mol. The molecule has 2 rings (SSSR count). The van der Waals surface area contributed by atoms with Gasteiger partial charge in [-0.15, -0.1) is 0 Å². The molecule has 0 saturated carbocycles. The van der Waals surface area contributed by atoms with Gasteiger partial charge in [-0.25, -0.2) is 4.39 Å². The van der Waals surface area contributed by atoms with Crippen LogP contribution in [0, 0.1) is 5.82 Å². The average molecular weight is 350 g/mol. The van der Waals surface area contributed by atoms with Crippen molar-refractivity contribution in [2.45, 2.75) is 38.6 Å². The Hall–Kier alpha value is -1.19. The molecule has 112 valence electrons. The molecular weight excluding hydrogens is 329 g/mol. The Morgan fingerprint density at radius 3 is 2.29 bits per heavy atom. The number of nitrogens with two attached hydrogens (primary N) is 1. The molecule has 0 spiro atoms. The van der Waals surface area contributed by atoms with Gasteiger partial charge in [-0.3, -0.25) is 0 Å². The number of hydrogen-bond acceptors (Lipinski definition) is 1. The third-order valence-electron chi connectivity index (χ3n) is 3.66. The summed E-state index contributed by atoms with van der Waals surface area (Å²) in [7, 11) is 0. The van der Waals surface area contributed by atoms with Gasteiger partial charge in [0.2, 0.25) is 0 Å². The highest BCUT2D eigenvalue weighted by atomic mass is 79.9. The molecule has 1 nitrogen and oxygen atoms in total. The quantitative estimate of drug-likeness (QED) is 0.816.